The van der Waals surface area contributed by atoms with Gasteiger partial charge in [0.15, 0.2) is 0 Å². The molecular formula is C15H12ClNO. The van der Waals surface area contributed by atoms with Crippen LogP contribution in [0.1, 0.15) is 5.56 Å². The van der Waals surface area contributed by atoms with Crippen molar-refractivity contribution in [2.24, 2.45) is 0 Å². The molecule has 0 saturated carbocycles. The zero-order valence-electron chi connectivity index (χ0n) is 9.69. The number of aromatic nitrogens is 1. The van der Waals surface area contributed by atoms with Gasteiger partial charge in [-0.15, -0.1) is 0 Å². The molecule has 0 radical (unpaired) electrons. The van der Waals surface area contributed by atoms with Crippen molar-refractivity contribution >= 4 is 22.5 Å². The summed E-state index contributed by atoms with van der Waals surface area (Å²) >= 11 is 5.93. The van der Waals surface area contributed by atoms with Gasteiger partial charge in [-0.3, -0.25) is 0 Å². The number of fused-ring (bicyclic) bond motifs is 1. The summed E-state index contributed by atoms with van der Waals surface area (Å²) in [7, 11) is 0. The predicted molar refractivity (Wildman–Crippen MR) is 74.1 cm³/mol. The molecule has 0 atom stereocenters. The van der Waals surface area contributed by atoms with Crippen LogP contribution in [0.15, 0.2) is 54.7 Å². The van der Waals surface area contributed by atoms with E-state index in [9.17, 15) is 0 Å². The summed E-state index contributed by atoms with van der Waals surface area (Å²) in [5.74, 6) is 0.863. The maximum absolute atomic E-state index is 5.93. The lowest BCUT2D eigenvalue weighted by Gasteiger charge is -2.06. The molecule has 2 nitrogen and oxygen atoms in total. The van der Waals surface area contributed by atoms with Crippen molar-refractivity contribution in [3.8, 4) is 5.75 Å². The molecule has 90 valence electrons. The Balaban J connectivity index is 1.76. The third-order valence-electron chi connectivity index (χ3n) is 2.82. The zero-order chi connectivity index (χ0) is 12.4. The minimum atomic E-state index is 0.524. The lowest BCUT2D eigenvalue weighted by atomic mass is 10.2. The third-order valence-corrected chi connectivity index (χ3v) is 3.05. The molecule has 0 aliphatic carbocycles. The van der Waals surface area contributed by atoms with Crippen molar-refractivity contribution in [3.63, 3.8) is 0 Å². The molecule has 3 rings (SSSR count). The molecule has 1 N–H and O–H groups in total. The number of hydrogen-bond donors (Lipinski definition) is 1. The van der Waals surface area contributed by atoms with E-state index in [1.807, 2.05) is 54.7 Å². The molecule has 3 aromatic rings. The van der Waals surface area contributed by atoms with Crippen LogP contribution < -0.4 is 4.74 Å². The van der Waals surface area contributed by atoms with Crippen molar-refractivity contribution in [3.05, 3.63) is 65.3 Å². The second-order valence-electron chi connectivity index (χ2n) is 4.15. The van der Waals surface area contributed by atoms with Gasteiger partial charge in [0.2, 0.25) is 0 Å². The highest BCUT2D eigenvalue weighted by Crippen LogP contribution is 2.21. The van der Waals surface area contributed by atoms with Gasteiger partial charge in [-0.2, -0.15) is 0 Å². The first kappa shape index (κ1) is 11.2. The van der Waals surface area contributed by atoms with E-state index in [0.29, 0.717) is 6.61 Å². The summed E-state index contributed by atoms with van der Waals surface area (Å²) in [5.41, 5.74) is 2.18. The zero-order valence-corrected chi connectivity index (χ0v) is 10.4. The first-order valence-corrected chi connectivity index (χ1v) is 6.13. The quantitative estimate of drug-likeness (QED) is 0.739. The van der Waals surface area contributed by atoms with Gasteiger partial charge in [0.25, 0.3) is 0 Å². The number of benzene rings is 2. The van der Waals surface area contributed by atoms with Crippen LogP contribution in [0.3, 0.4) is 0 Å². The van der Waals surface area contributed by atoms with Crippen LogP contribution in [0.25, 0.3) is 10.9 Å². The number of halogens is 1. The van der Waals surface area contributed by atoms with E-state index in [0.717, 1.165) is 27.2 Å². The third kappa shape index (κ3) is 2.34. The van der Waals surface area contributed by atoms with Crippen LogP contribution in [0.4, 0.5) is 0 Å². The molecule has 3 heteroatoms. The number of H-pyrrole nitrogens is 1. The fraction of sp³-hybridized carbons (Fsp3) is 0.0667. The molecule has 1 aromatic heterocycles. The first-order valence-electron chi connectivity index (χ1n) is 5.76. The lowest BCUT2D eigenvalue weighted by Crippen LogP contribution is -1.94. The number of nitrogens with one attached hydrogen (secondary N) is 1. The van der Waals surface area contributed by atoms with E-state index in [-0.39, 0.29) is 0 Å². The fourth-order valence-corrected chi connectivity index (χ4v) is 2.13. The minimum absolute atomic E-state index is 0.524. The van der Waals surface area contributed by atoms with E-state index < -0.39 is 0 Å². The summed E-state index contributed by atoms with van der Waals surface area (Å²) in [5, 5.41) is 1.88. The van der Waals surface area contributed by atoms with E-state index in [1.54, 1.807) is 0 Å². The fourth-order valence-electron chi connectivity index (χ4n) is 1.91. The van der Waals surface area contributed by atoms with Crippen LogP contribution in [0, 0.1) is 0 Å². The van der Waals surface area contributed by atoms with Gasteiger partial charge >= 0.3 is 0 Å². The van der Waals surface area contributed by atoms with Gasteiger partial charge in [0.1, 0.15) is 12.4 Å². The second kappa shape index (κ2) is 4.75. The molecule has 1 heterocycles. The van der Waals surface area contributed by atoms with Crippen molar-refractivity contribution < 1.29 is 4.74 Å². The molecule has 0 spiro atoms. The van der Waals surface area contributed by atoms with Gasteiger partial charge in [-0.05, 0) is 42.0 Å². The Kier molecular flexibility index (Phi) is 2.95. The van der Waals surface area contributed by atoms with E-state index >= 15 is 0 Å². The smallest absolute Gasteiger partial charge is 0.120 e. The largest absolute Gasteiger partial charge is 0.489 e. The van der Waals surface area contributed by atoms with Crippen molar-refractivity contribution in [2.75, 3.05) is 0 Å². The van der Waals surface area contributed by atoms with Gasteiger partial charge < -0.3 is 9.72 Å². The van der Waals surface area contributed by atoms with Crippen molar-refractivity contribution in [1.82, 2.24) is 4.98 Å². The highest BCUT2D eigenvalue weighted by atomic mass is 35.5. The van der Waals surface area contributed by atoms with E-state index in [2.05, 4.69) is 4.98 Å². The molecular weight excluding hydrogens is 246 g/mol. The van der Waals surface area contributed by atoms with Crippen LogP contribution in [-0.2, 0) is 6.61 Å². The topological polar surface area (TPSA) is 25.0 Å². The van der Waals surface area contributed by atoms with E-state index in [4.69, 9.17) is 16.3 Å². The summed E-state index contributed by atoms with van der Waals surface area (Å²) in [6.45, 7) is 0.524. The molecule has 0 aliphatic rings. The molecule has 0 aliphatic heterocycles. The van der Waals surface area contributed by atoms with Gasteiger partial charge in [-0.25, -0.2) is 0 Å². The SMILES string of the molecule is Clc1cccc(COc2ccc3[nH]ccc3c2)c1. The van der Waals surface area contributed by atoms with Crippen molar-refractivity contribution in [1.29, 1.82) is 0 Å². The van der Waals surface area contributed by atoms with Crippen LogP contribution in [0.2, 0.25) is 5.02 Å². The number of aromatic amines is 1. The van der Waals surface area contributed by atoms with Gasteiger partial charge in [-0.1, -0.05) is 23.7 Å². The number of rotatable bonds is 3. The molecule has 0 unspecified atom stereocenters. The highest BCUT2D eigenvalue weighted by molar-refractivity contribution is 6.30. The standard InChI is InChI=1S/C15H12ClNO/c16-13-3-1-2-11(8-13)10-18-14-4-5-15-12(9-14)6-7-17-15/h1-9,17H,10H2. The average Bonchev–Trinajstić information content (AvgIpc) is 2.84. The number of ether oxygens (including phenoxy) is 1. The Bertz CT molecular complexity index is 675. The lowest BCUT2D eigenvalue weighted by molar-refractivity contribution is 0.306. The van der Waals surface area contributed by atoms with Crippen LogP contribution in [-0.4, -0.2) is 4.98 Å². The molecule has 0 bridgehead atoms. The second-order valence-corrected chi connectivity index (χ2v) is 4.58. The normalized spacial score (nSPS) is 10.7. The monoisotopic (exact) mass is 257 g/mol. The van der Waals surface area contributed by atoms with Crippen LogP contribution >= 0.6 is 11.6 Å². The van der Waals surface area contributed by atoms with Gasteiger partial charge in [0.05, 0.1) is 0 Å². The average molecular weight is 258 g/mol. The molecule has 2 aromatic carbocycles. The molecule has 0 fully saturated rings. The first-order chi connectivity index (χ1) is 8.81. The van der Waals surface area contributed by atoms with E-state index in [1.165, 1.54) is 0 Å². The molecule has 18 heavy (non-hydrogen) atoms. The maximum Gasteiger partial charge on any atom is 0.120 e. The summed E-state index contributed by atoms with van der Waals surface area (Å²) in [4.78, 5) is 3.16. The summed E-state index contributed by atoms with van der Waals surface area (Å²) in [6, 6.07) is 15.7. The Hall–Kier alpha value is -1.93. The Morgan fingerprint density at radius 2 is 2.00 bits per heavy atom. The molecule has 0 amide bonds. The summed E-state index contributed by atoms with van der Waals surface area (Å²) < 4.78 is 5.75. The maximum atomic E-state index is 5.93. The van der Waals surface area contributed by atoms with Crippen LogP contribution in [0.5, 0.6) is 5.75 Å². The Morgan fingerprint density at radius 1 is 1.06 bits per heavy atom. The number of hydrogen-bond acceptors (Lipinski definition) is 1. The highest BCUT2D eigenvalue weighted by Gasteiger charge is 1.99. The predicted octanol–water partition coefficient (Wildman–Crippen LogP) is 4.40. The molecule has 0 saturated heterocycles. The Labute approximate surface area is 110 Å². The minimum Gasteiger partial charge on any atom is -0.489 e. The van der Waals surface area contributed by atoms with Gasteiger partial charge in [0, 0.05) is 22.1 Å². The van der Waals surface area contributed by atoms with Crippen molar-refractivity contribution in [2.45, 2.75) is 6.61 Å². The Morgan fingerprint density at radius 3 is 2.89 bits per heavy atom. The summed E-state index contributed by atoms with van der Waals surface area (Å²) in [6.07, 6.45) is 1.92.